The van der Waals surface area contributed by atoms with Crippen molar-refractivity contribution in [3.8, 4) is 5.75 Å². The molecule has 0 bridgehead atoms. The number of sulfonamides is 1. The second kappa shape index (κ2) is 9.96. The van der Waals surface area contributed by atoms with Gasteiger partial charge in [0.25, 0.3) is 5.91 Å². The number of piperazine rings is 1. The molecule has 1 aliphatic rings. The Morgan fingerprint density at radius 1 is 1.00 bits per heavy atom. The van der Waals surface area contributed by atoms with E-state index in [0.29, 0.717) is 37.0 Å². The van der Waals surface area contributed by atoms with E-state index in [0.717, 1.165) is 5.69 Å². The number of benzene rings is 2. The molecule has 0 atom stereocenters. The van der Waals surface area contributed by atoms with Crippen LogP contribution in [0.15, 0.2) is 54.6 Å². The van der Waals surface area contributed by atoms with Gasteiger partial charge in [-0.25, -0.2) is 8.42 Å². The largest absolute Gasteiger partial charge is 0.484 e. The summed E-state index contributed by atoms with van der Waals surface area (Å²) in [5.41, 5.74) is 1.09. The molecule has 0 unspecified atom stereocenters. The van der Waals surface area contributed by atoms with Crippen LogP contribution in [0.3, 0.4) is 0 Å². The maximum absolute atomic E-state index is 12.5. The van der Waals surface area contributed by atoms with Crippen molar-refractivity contribution in [2.45, 2.75) is 0 Å². The summed E-state index contributed by atoms with van der Waals surface area (Å²) in [7, 11) is -3.42. The van der Waals surface area contributed by atoms with Gasteiger partial charge >= 0.3 is 0 Å². The average Bonchev–Trinajstić information content (AvgIpc) is 2.74. The second-order valence-electron chi connectivity index (χ2n) is 6.63. The van der Waals surface area contributed by atoms with Crippen LogP contribution in [0.2, 0.25) is 5.02 Å². The smallest absolute Gasteiger partial charge is 0.257 e. The maximum Gasteiger partial charge on any atom is 0.257 e. The summed E-state index contributed by atoms with van der Waals surface area (Å²) < 4.78 is 31.9. The van der Waals surface area contributed by atoms with Gasteiger partial charge in [-0.3, -0.25) is 4.79 Å². The zero-order valence-corrected chi connectivity index (χ0v) is 17.5. The summed E-state index contributed by atoms with van der Waals surface area (Å²) in [6, 6.07) is 16.6. The first-order valence-electron chi connectivity index (χ1n) is 9.37. The number of nitrogens with one attached hydrogen (secondary N) is 1. The summed E-state index contributed by atoms with van der Waals surface area (Å²) in [5, 5.41) is 3.17. The predicted molar refractivity (Wildman–Crippen MR) is 114 cm³/mol. The van der Waals surface area contributed by atoms with Crippen LogP contribution < -0.4 is 15.0 Å². The number of hydrogen-bond acceptors (Lipinski definition) is 5. The molecule has 29 heavy (non-hydrogen) atoms. The minimum atomic E-state index is -3.42. The fourth-order valence-corrected chi connectivity index (χ4v) is 4.51. The van der Waals surface area contributed by atoms with Crippen molar-refractivity contribution in [1.29, 1.82) is 0 Å². The molecular formula is C20H24ClN3O4S. The Morgan fingerprint density at radius 3 is 2.31 bits per heavy atom. The first-order chi connectivity index (χ1) is 13.9. The molecule has 0 aromatic heterocycles. The summed E-state index contributed by atoms with van der Waals surface area (Å²) in [5.74, 6) is 0.0166. The number of halogens is 1. The van der Waals surface area contributed by atoms with E-state index in [4.69, 9.17) is 16.3 Å². The van der Waals surface area contributed by atoms with E-state index in [1.54, 1.807) is 24.3 Å². The van der Waals surface area contributed by atoms with Crippen LogP contribution in [-0.2, 0) is 14.8 Å². The van der Waals surface area contributed by atoms with Crippen LogP contribution in [0.4, 0.5) is 5.69 Å². The lowest BCUT2D eigenvalue weighted by Gasteiger charge is -2.35. The minimum absolute atomic E-state index is 0.0457. The number of anilines is 1. The van der Waals surface area contributed by atoms with Crippen molar-refractivity contribution < 1.29 is 17.9 Å². The lowest BCUT2D eigenvalue weighted by Crippen LogP contribution is -2.50. The van der Waals surface area contributed by atoms with Crippen molar-refractivity contribution in [3.63, 3.8) is 0 Å². The first kappa shape index (κ1) is 21.4. The first-order valence-corrected chi connectivity index (χ1v) is 11.4. The Bertz CT molecular complexity index is 899. The van der Waals surface area contributed by atoms with Crippen LogP contribution >= 0.6 is 11.6 Å². The van der Waals surface area contributed by atoms with Crippen LogP contribution in [0, 0.1) is 0 Å². The second-order valence-corrected chi connectivity index (χ2v) is 9.16. The average molecular weight is 438 g/mol. The molecular weight excluding hydrogens is 414 g/mol. The van der Waals surface area contributed by atoms with Gasteiger partial charge in [-0.1, -0.05) is 29.8 Å². The molecule has 1 saturated heterocycles. The van der Waals surface area contributed by atoms with Gasteiger partial charge in [0, 0.05) is 43.4 Å². The number of hydrogen-bond donors (Lipinski definition) is 1. The molecule has 1 fully saturated rings. The van der Waals surface area contributed by atoms with E-state index < -0.39 is 10.0 Å². The molecule has 9 heteroatoms. The van der Waals surface area contributed by atoms with Crippen molar-refractivity contribution in [3.05, 3.63) is 59.6 Å². The molecule has 0 spiro atoms. The summed E-state index contributed by atoms with van der Waals surface area (Å²) in [6.07, 6.45) is 0. The highest BCUT2D eigenvalue weighted by molar-refractivity contribution is 7.89. The predicted octanol–water partition coefficient (Wildman–Crippen LogP) is 1.99. The number of rotatable bonds is 8. The Labute approximate surface area is 176 Å². The van der Waals surface area contributed by atoms with Gasteiger partial charge < -0.3 is 15.0 Å². The highest BCUT2D eigenvalue weighted by atomic mass is 35.5. The molecule has 1 N–H and O–H groups in total. The fraction of sp³-hybridized carbons (Fsp3) is 0.350. The van der Waals surface area contributed by atoms with Crippen LogP contribution in [0.1, 0.15) is 0 Å². The molecule has 0 aliphatic carbocycles. The van der Waals surface area contributed by atoms with Crippen molar-refractivity contribution >= 4 is 33.2 Å². The number of amides is 1. The summed E-state index contributed by atoms with van der Waals surface area (Å²) in [4.78, 5) is 14.0. The molecule has 156 valence electrons. The van der Waals surface area contributed by atoms with Crippen molar-refractivity contribution in [1.82, 2.24) is 9.62 Å². The lowest BCUT2D eigenvalue weighted by molar-refractivity contribution is -0.122. The standard InChI is InChI=1S/C20H24ClN3O4S/c21-17-6-8-19(9-7-17)28-16-20(25)22-10-15-29(26,27)24-13-11-23(12-14-24)18-4-2-1-3-5-18/h1-9H,10-16H2,(H,22,25). The number of para-hydroxylation sites is 1. The highest BCUT2D eigenvalue weighted by Gasteiger charge is 2.26. The van der Waals surface area contributed by atoms with Crippen molar-refractivity contribution in [2.24, 2.45) is 0 Å². The van der Waals surface area contributed by atoms with E-state index >= 15 is 0 Å². The van der Waals surface area contributed by atoms with E-state index in [-0.39, 0.29) is 24.8 Å². The molecule has 1 aliphatic heterocycles. The molecule has 2 aromatic carbocycles. The summed E-state index contributed by atoms with van der Waals surface area (Å²) >= 11 is 5.79. The van der Waals surface area contributed by atoms with E-state index in [1.165, 1.54) is 4.31 Å². The number of carbonyl (C=O) groups is 1. The van der Waals surface area contributed by atoms with E-state index in [9.17, 15) is 13.2 Å². The molecule has 1 heterocycles. The molecule has 2 aromatic rings. The SMILES string of the molecule is O=C(COc1ccc(Cl)cc1)NCCS(=O)(=O)N1CCN(c2ccccc2)CC1. The normalized spacial score (nSPS) is 15.1. The van der Waals surface area contributed by atoms with Crippen LogP contribution in [0.5, 0.6) is 5.75 Å². The third kappa shape index (κ3) is 6.35. The Kier molecular flexibility index (Phi) is 7.35. The van der Waals surface area contributed by atoms with Gasteiger partial charge in [0.2, 0.25) is 10.0 Å². The quantitative estimate of drug-likeness (QED) is 0.683. The van der Waals surface area contributed by atoms with Gasteiger partial charge in [0.1, 0.15) is 5.75 Å². The Hall–Kier alpha value is -2.29. The van der Waals surface area contributed by atoms with Gasteiger partial charge in [-0.2, -0.15) is 4.31 Å². The number of ether oxygens (including phenoxy) is 1. The minimum Gasteiger partial charge on any atom is -0.484 e. The van der Waals surface area contributed by atoms with Gasteiger partial charge in [0.15, 0.2) is 6.61 Å². The van der Waals surface area contributed by atoms with Crippen LogP contribution in [0.25, 0.3) is 0 Å². The Morgan fingerprint density at radius 2 is 1.66 bits per heavy atom. The third-order valence-corrected chi connectivity index (χ3v) is 6.74. The van der Waals surface area contributed by atoms with Gasteiger partial charge in [0.05, 0.1) is 5.75 Å². The fourth-order valence-electron chi connectivity index (χ4n) is 3.04. The molecule has 0 radical (unpaired) electrons. The topological polar surface area (TPSA) is 78.9 Å². The van der Waals surface area contributed by atoms with Gasteiger partial charge in [-0.05, 0) is 36.4 Å². The summed E-state index contributed by atoms with van der Waals surface area (Å²) in [6.45, 7) is 2.02. The zero-order valence-electron chi connectivity index (χ0n) is 16.0. The Balaban J connectivity index is 1.38. The molecule has 0 saturated carbocycles. The third-order valence-electron chi connectivity index (χ3n) is 4.62. The van der Waals surface area contributed by atoms with Crippen LogP contribution in [-0.4, -0.2) is 63.7 Å². The monoisotopic (exact) mass is 437 g/mol. The highest BCUT2D eigenvalue weighted by Crippen LogP contribution is 2.17. The lowest BCUT2D eigenvalue weighted by atomic mass is 10.2. The number of nitrogens with zero attached hydrogens (tertiary/aromatic N) is 2. The van der Waals surface area contributed by atoms with Crippen molar-refractivity contribution in [2.75, 3.05) is 50.0 Å². The zero-order chi connectivity index (χ0) is 20.7. The van der Waals surface area contributed by atoms with E-state index in [1.807, 2.05) is 30.3 Å². The maximum atomic E-state index is 12.5. The number of carbonyl (C=O) groups excluding carboxylic acids is 1. The van der Waals surface area contributed by atoms with E-state index in [2.05, 4.69) is 10.2 Å². The molecule has 1 amide bonds. The molecule has 3 rings (SSSR count). The van der Waals surface area contributed by atoms with Gasteiger partial charge in [-0.15, -0.1) is 0 Å². The molecule has 7 nitrogen and oxygen atoms in total.